The highest BCUT2D eigenvalue weighted by Crippen LogP contribution is 2.29. The third-order valence-electron chi connectivity index (χ3n) is 7.66. The number of ketones is 1. The van der Waals surface area contributed by atoms with Crippen LogP contribution in [0.5, 0.6) is 0 Å². The van der Waals surface area contributed by atoms with Crippen molar-refractivity contribution in [2.45, 2.75) is 77.2 Å². The van der Waals surface area contributed by atoms with Gasteiger partial charge in [-0.05, 0) is 31.2 Å². The number of morpholine rings is 1. The predicted molar refractivity (Wildman–Crippen MR) is 157 cm³/mol. The molecule has 2 aliphatic rings. The maximum Gasteiger partial charge on any atom is 0.274 e. The van der Waals surface area contributed by atoms with E-state index in [4.69, 9.17) is 14.0 Å². The molecule has 2 saturated heterocycles. The van der Waals surface area contributed by atoms with E-state index in [9.17, 15) is 19.2 Å². The van der Waals surface area contributed by atoms with Crippen LogP contribution in [0.2, 0.25) is 0 Å². The van der Waals surface area contributed by atoms with Gasteiger partial charge in [-0.15, -0.1) is 0 Å². The normalized spacial score (nSPS) is 20.6. The molecular weight excluding hydrogens is 554 g/mol. The van der Waals surface area contributed by atoms with Crippen molar-refractivity contribution in [2.24, 2.45) is 5.92 Å². The highest BCUT2D eigenvalue weighted by atomic mass is 16.6. The molecule has 234 valence electrons. The molecule has 0 saturated carbocycles. The Morgan fingerprint density at radius 3 is 2.26 bits per heavy atom. The third kappa shape index (κ3) is 9.19. The fourth-order valence-corrected chi connectivity index (χ4v) is 4.99. The Labute approximate surface area is 252 Å². The Morgan fingerprint density at radius 1 is 0.977 bits per heavy atom. The van der Waals surface area contributed by atoms with Crippen molar-refractivity contribution in [1.82, 2.24) is 26.0 Å². The highest BCUT2D eigenvalue weighted by molar-refractivity contribution is 5.99. The average molecular weight is 598 g/mol. The first-order valence-electron chi connectivity index (χ1n) is 15.0. The second kappa shape index (κ2) is 14.7. The van der Waals surface area contributed by atoms with Gasteiger partial charge in [0.05, 0.1) is 32.4 Å². The molecule has 0 aliphatic carbocycles. The standard InChI is InChI=1S/C31H43N5O7/c1-5-23(32-30(40)26-17-22(43-35-26)18-36-11-13-41-14-12-36)28(38)34-25(16-21-9-7-6-8-10-21)29(39)33-24(15-20(2)3)27(37)31(4)19-42-31/h6-10,17,20,23-25H,5,11-16,18-19H2,1-4H3,(H,32,40)(H,33,39)(H,34,38)/t23?,24?,25-,31+/m0/s1. The monoisotopic (exact) mass is 597 g/mol. The summed E-state index contributed by atoms with van der Waals surface area (Å²) < 4.78 is 16.1. The number of nitrogens with zero attached hydrogens (tertiary/aromatic N) is 2. The molecule has 43 heavy (non-hydrogen) atoms. The zero-order valence-electron chi connectivity index (χ0n) is 25.4. The summed E-state index contributed by atoms with van der Waals surface area (Å²) in [7, 11) is 0. The molecule has 4 rings (SSSR count). The lowest BCUT2D eigenvalue weighted by Gasteiger charge is -2.26. The number of ether oxygens (including phenoxy) is 2. The molecule has 3 heterocycles. The summed E-state index contributed by atoms with van der Waals surface area (Å²) in [6, 6.07) is 8.19. The van der Waals surface area contributed by atoms with Gasteiger partial charge in [0.2, 0.25) is 11.8 Å². The molecule has 0 bridgehead atoms. The minimum atomic E-state index is -0.983. The Bertz CT molecular complexity index is 1250. The number of rotatable bonds is 15. The van der Waals surface area contributed by atoms with E-state index >= 15 is 0 Å². The van der Waals surface area contributed by atoms with E-state index < -0.39 is 41.4 Å². The van der Waals surface area contributed by atoms with Crippen LogP contribution in [0.1, 0.15) is 62.3 Å². The van der Waals surface area contributed by atoms with E-state index in [0.29, 0.717) is 38.5 Å². The second-order valence-electron chi connectivity index (χ2n) is 11.8. The number of hydrogen-bond acceptors (Lipinski definition) is 9. The number of benzene rings is 1. The van der Waals surface area contributed by atoms with Crippen molar-refractivity contribution in [3.63, 3.8) is 0 Å². The SMILES string of the molecule is CCC(NC(=O)c1cc(CN2CCOCC2)on1)C(=O)N[C@@H](Cc1ccccc1)C(=O)NC(CC(C)C)C(=O)[C@@]1(C)CO1. The van der Waals surface area contributed by atoms with Gasteiger partial charge < -0.3 is 29.9 Å². The Hall–Kier alpha value is -3.61. The minimum absolute atomic E-state index is 0.0684. The van der Waals surface area contributed by atoms with Crippen molar-refractivity contribution >= 4 is 23.5 Å². The summed E-state index contributed by atoms with van der Waals surface area (Å²) in [5.74, 6) is -1.05. The molecule has 12 nitrogen and oxygen atoms in total. The van der Waals surface area contributed by atoms with E-state index in [-0.39, 0.29) is 30.2 Å². The van der Waals surface area contributed by atoms with Crippen molar-refractivity contribution in [3.05, 3.63) is 53.4 Å². The number of carbonyl (C=O) groups is 4. The number of Topliss-reactive ketones (excluding diaryl/α,β-unsaturated/α-hetero) is 1. The molecule has 12 heteroatoms. The molecule has 3 amide bonds. The van der Waals surface area contributed by atoms with E-state index in [0.717, 1.165) is 18.7 Å². The van der Waals surface area contributed by atoms with Crippen LogP contribution in [0.4, 0.5) is 0 Å². The quantitative estimate of drug-likeness (QED) is 0.260. The van der Waals surface area contributed by atoms with Crippen LogP contribution in [-0.4, -0.2) is 90.2 Å². The number of carbonyl (C=O) groups excluding carboxylic acids is 4. The largest absolute Gasteiger partial charge is 0.379 e. The lowest BCUT2D eigenvalue weighted by Crippen LogP contribution is -2.57. The molecule has 3 N–H and O–H groups in total. The van der Waals surface area contributed by atoms with Crippen LogP contribution in [0.3, 0.4) is 0 Å². The third-order valence-corrected chi connectivity index (χ3v) is 7.66. The maximum atomic E-state index is 13.6. The van der Waals surface area contributed by atoms with E-state index in [2.05, 4.69) is 26.0 Å². The van der Waals surface area contributed by atoms with Gasteiger partial charge >= 0.3 is 0 Å². The second-order valence-corrected chi connectivity index (χ2v) is 11.8. The van der Waals surface area contributed by atoms with Gasteiger partial charge in [0, 0.05) is 25.6 Å². The fourth-order valence-electron chi connectivity index (χ4n) is 4.99. The van der Waals surface area contributed by atoms with Gasteiger partial charge in [0.15, 0.2) is 17.2 Å². The van der Waals surface area contributed by atoms with Crippen molar-refractivity contribution in [2.75, 3.05) is 32.9 Å². The molecule has 4 atom stereocenters. The zero-order valence-corrected chi connectivity index (χ0v) is 25.4. The molecule has 1 aromatic carbocycles. The van der Waals surface area contributed by atoms with Crippen molar-refractivity contribution in [1.29, 1.82) is 0 Å². The summed E-state index contributed by atoms with van der Waals surface area (Å²) in [6.45, 7) is 11.0. The number of amides is 3. The molecule has 0 radical (unpaired) electrons. The lowest BCUT2D eigenvalue weighted by atomic mass is 9.93. The first-order valence-corrected chi connectivity index (χ1v) is 15.0. The Balaban J connectivity index is 1.42. The van der Waals surface area contributed by atoms with Crippen LogP contribution in [0.15, 0.2) is 40.9 Å². The lowest BCUT2D eigenvalue weighted by molar-refractivity contribution is -0.133. The summed E-state index contributed by atoms with van der Waals surface area (Å²) in [6.07, 6.45) is 0.918. The van der Waals surface area contributed by atoms with Crippen LogP contribution in [0.25, 0.3) is 0 Å². The van der Waals surface area contributed by atoms with Gasteiger partial charge in [0.1, 0.15) is 17.7 Å². The molecule has 2 aliphatic heterocycles. The van der Waals surface area contributed by atoms with Gasteiger partial charge in [-0.2, -0.15) is 0 Å². The summed E-state index contributed by atoms with van der Waals surface area (Å²) >= 11 is 0. The molecule has 0 spiro atoms. The zero-order chi connectivity index (χ0) is 31.0. The first-order chi connectivity index (χ1) is 20.6. The van der Waals surface area contributed by atoms with E-state index in [1.165, 1.54) is 0 Å². The minimum Gasteiger partial charge on any atom is -0.379 e. The van der Waals surface area contributed by atoms with Crippen LogP contribution >= 0.6 is 0 Å². The highest BCUT2D eigenvalue weighted by Gasteiger charge is 2.50. The van der Waals surface area contributed by atoms with Gasteiger partial charge in [0.25, 0.3) is 5.91 Å². The average Bonchev–Trinajstić information content (AvgIpc) is 3.57. The number of aromatic nitrogens is 1. The number of hydrogen-bond donors (Lipinski definition) is 3. The molecule has 2 unspecified atom stereocenters. The number of epoxide rings is 1. The summed E-state index contributed by atoms with van der Waals surface area (Å²) in [5.41, 5.74) is 0.00441. The fraction of sp³-hybridized carbons (Fsp3) is 0.581. The molecule has 2 fully saturated rings. The Morgan fingerprint density at radius 2 is 1.63 bits per heavy atom. The van der Waals surface area contributed by atoms with Crippen LogP contribution in [0, 0.1) is 5.92 Å². The van der Waals surface area contributed by atoms with Crippen molar-refractivity contribution in [3.8, 4) is 0 Å². The van der Waals surface area contributed by atoms with Crippen LogP contribution < -0.4 is 16.0 Å². The molecule has 1 aromatic heterocycles. The maximum absolute atomic E-state index is 13.6. The van der Waals surface area contributed by atoms with E-state index in [1.807, 2.05) is 44.2 Å². The van der Waals surface area contributed by atoms with E-state index in [1.54, 1.807) is 19.9 Å². The molecular formula is C31H43N5O7. The molecule has 2 aromatic rings. The first kappa shape index (κ1) is 32.3. The smallest absolute Gasteiger partial charge is 0.274 e. The predicted octanol–water partition coefficient (Wildman–Crippen LogP) is 1.63. The van der Waals surface area contributed by atoms with Crippen molar-refractivity contribution < 1.29 is 33.2 Å². The van der Waals surface area contributed by atoms with Gasteiger partial charge in [-0.25, -0.2) is 0 Å². The topological polar surface area (TPSA) is 155 Å². The Kier molecular flexibility index (Phi) is 11.1. The van der Waals surface area contributed by atoms with Gasteiger partial charge in [-0.1, -0.05) is 56.3 Å². The summed E-state index contributed by atoms with van der Waals surface area (Å²) in [4.78, 5) is 55.3. The van der Waals surface area contributed by atoms with Crippen LogP contribution in [-0.2, 0) is 36.8 Å². The van der Waals surface area contributed by atoms with Gasteiger partial charge in [-0.3, -0.25) is 24.1 Å². The number of nitrogens with one attached hydrogen (secondary N) is 3. The summed E-state index contributed by atoms with van der Waals surface area (Å²) in [5, 5.41) is 12.3.